The van der Waals surface area contributed by atoms with Crippen molar-refractivity contribution in [3.63, 3.8) is 0 Å². The van der Waals surface area contributed by atoms with Gasteiger partial charge in [0.2, 0.25) is 0 Å². The summed E-state index contributed by atoms with van der Waals surface area (Å²) in [5, 5.41) is 36.2. The summed E-state index contributed by atoms with van der Waals surface area (Å²) in [6, 6.07) is 14.7. The van der Waals surface area contributed by atoms with Crippen molar-refractivity contribution in [2.24, 2.45) is 0 Å². The number of hydrogen-bond acceptors (Lipinski definition) is 18. The number of aromatic nitrogens is 2. The van der Waals surface area contributed by atoms with Gasteiger partial charge < -0.3 is 64.5 Å². The molecule has 61 heavy (non-hydrogen) atoms. The number of aromatic hydroxyl groups is 2. The van der Waals surface area contributed by atoms with Crippen molar-refractivity contribution in [1.29, 1.82) is 0 Å². The van der Waals surface area contributed by atoms with Crippen LogP contribution in [-0.2, 0) is 46.7 Å². The van der Waals surface area contributed by atoms with Gasteiger partial charge in [-0.25, -0.2) is 23.3 Å². The molecule has 2 unspecified atom stereocenters. The van der Waals surface area contributed by atoms with Crippen LogP contribution in [0.3, 0.4) is 0 Å². The Morgan fingerprint density at radius 2 is 1.52 bits per heavy atom. The van der Waals surface area contributed by atoms with Gasteiger partial charge in [-0.05, 0) is 42.5 Å². The molecule has 24 nitrogen and oxygen atoms in total. The standard InChI is InChI=1S/C34H35N4O20P3/c39-19-2-5-23-26(14-19)54-27-15-20(40)3-6-24(27)34(23)22-4-1-18(13-21(22)32(43)56-34)31(42)36-9-12-52-11-8-35-29-7-10-38(33(44)37-29)30-16-25(41)28(55-30)17-53-60(48,49)58-61(50,51)57-59(45,46)47/h1-7,10,13-15,25,28,30,39-41H,8-9,11-12,16-17H2,(H,36,42)(H,48,49)(H,50,51)(H,35,37,44)(H2,45,46,47)/t25-,28+,30+/m0/s1. The van der Waals surface area contributed by atoms with Gasteiger partial charge >= 0.3 is 35.1 Å². The fraction of sp³-hybridized carbons (Fsp3) is 0.294. The summed E-state index contributed by atoms with van der Waals surface area (Å²) in [6.45, 7) is -0.404. The molecule has 326 valence electrons. The van der Waals surface area contributed by atoms with Crippen LogP contribution in [-0.4, -0.2) is 101 Å². The van der Waals surface area contributed by atoms with Gasteiger partial charge in [-0.1, -0.05) is 6.07 Å². The lowest BCUT2D eigenvalue weighted by molar-refractivity contribution is -0.0449. The van der Waals surface area contributed by atoms with Gasteiger partial charge in [-0.15, -0.1) is 0 Å². The number of benzene rings is 3. The highest BCUT2D eigenvalue weighted by Gasteiger charge is 2.54. The minimum atomic E-state index is -5.75. The average Bonchev–Trinajstić information content (AvgIpc) is 3.67. The smallest absolute Gasteiger partial charge is 0.490 e. The number of rotatable bonds is 16. The number of nitrogens with zero attached hydrogens (tertiary/aromatic N) is 2. The number of aliphatic hydroxyl groups is 1. The second kappa shape index (κ2) is 17.0. The van der Waals surface area contributed by atoms with E-state index in [0.717, 1.165) is 4.57 Å². The Hall–Kier alpha value is -5.03. The number of amides is 1. The maximum absolute atomic E-state index is 13.3. The normalized spacial score (nSPS) is 20.7. The summed E-state index contributed by atoms with van der Waals surface area (Å²) in [4.78, 5) is 79.2. The van der Waals surface area contributed by atoms with Crippen molar-refractivity contribution in [3.8, 4) is 23.0 Å². The highest BCUT2D eigenvalue weighted by Crippen LogP contribution is 2.66. The molecule has 0 aliphatic carbocycles. The van der Waals surface area contributed by atoms with Crippen LogP contribution in [0.1, 0.15) is 50.1 Å². The average molecular weight is 913 g/mol. The Kier molecular flexibility index (Phi) is 12.3. The number of aliphatic hydroxyl groups excluding tert-OH is 1. The summed E-state index contributed by atoms with van der Waals surface area (Å²) in [5.74, 6) is -0.766. The lowest BCUT2D eigenvalue weighted by atomic mass is 9.77. The van der Waals surface area contributed by atoms with Crippen molar-refractivity contribution in [2.45, 2.75) is 30.5 Å². The van der Waals surface area contributed by atoms with E-state index in [4.69, 9.17) is 28.7 Å². The molecule has 7 rings (SSSR count). The lowest BCUT2D eigenvalue weighted by Gasteiger charge is -2.36. The number of phosphoric acid groups is 3. The first kappa shape index (κ1) is 44.0. The van der Waals surface area contributed by atoms with Crippen LogP contribution in [0.2, 0.25) is 0 Å². The summed E-state index contributed by atoms with van der Waals surface area (Å²) in [6.07, 6.45) is -2.75. The maximum Gasteiger partial charge on any atom is 0.490 e. The van der Waals surface area contributed by atoms with Crippen LogP contribution in [0, 0.1) is 0 Å². The van der Waals surface area contributed by atoms with Crippen LogP contribution in [0.25, 0.3) is 0 Å². The van der Waals surface area contributed by atoms with Crippen LogP contribution in [0.4, 0.5) is 5.82 Å². The topological polar surface area (TPSA) is 351 Å². The summed E-state index contributed by atoms with van der Waals surface area (Å²) in [7, 11) is -16.8. The van der Waals surface area contributed by atoms with Crippen molar-refractivity contribution >= 4 is 41.2 Å². The molecule has 5 atom stereocenters. The van der Waals surface area contributed by atoms with E-state index in [2.05, 4.69) is 28.8 Å². The van der Waals surface area contributed by atoms with Gasteiger partial charge in [0, 0.05) is 60.1 Å². The second-order valence-corrected chi connectivity index (χ2v) is 17.8. The summed E-state index contributed by atoms with van der Waals surface area (Å²) in [5.41, 5.74) is -0.647. The first-order valence-corrected chi connectivity index (χ1v) is 22.3. The quantitative estimate of drug-likeness (QED) is 0.0441. The van der Waals surface area contributed by atoms with Gasteiger partial charge in [-0.2, -0.15) is 13.6 Å². The highest BCUT2D eigenvalue weighted by atomic mass is 31.3. The van der Waals surface area contributed by atoms with Gasteiger partial charge in [0.25, 0.3) is 5.91 Å². The first-order valence-electron chi connectivity index (χ1n) is 17.8. The predicted molar refractivity (Wildman–Crippen MR) is 203 cm³/mol. The van der Waals surface area contributed by atoms with Gasteiger partial charge in [0.1, 0.15) is 41.1 Å². The number of esters is 1. The molecule has 4 heterocycles. The van der Waals surface area contributed by atoms with E-state index in [0.29, 0.717) is 16.7 Å². The first-order chi connectivity index (χ1) is 28.7. The monoisotopic (exact) mass is 912 g/mol. The number of phenolic OH excluding ortho intramolecular Hbond substituents is 2. The zero-order valence-corrected chi connectivity index (χ0v) is 33.7. The third-order valence-electron chi connectivity index (χ3n) is 9.28. The Labute approximate surface area is 342 Å². The van der Waals surface area contributed by atoms with E-state index in [1.165, 1.54) is 48.7 Å². The molecule has 1 spiro atoms. The molecular weight excluding hydrogens is 877 g/mol. The zero-order chi connectivity index (χ0) is 43.9. The third kappa shape index (κ3) is 9.72. The van der Waals surface area contributed by atoms with Crippen LogP contribution >= 0.6 is 23.5 Å². The fourth-order valence-corrected chi connectivity index (χ4v) is 9.81. The molecule has 4 aromatic rings. The van der Waals surface area contributed by atoms with E-state index in [1.54, 1.807) is 18.2 Å². The van der Waals surface area contributed by atoms with Crippen molar-refractivity contribution in [2.75, 3.05) is 38.2 Å². The predicted octanol–water partition coefficient (Wildman–Crippen LogP) is 2.07. The molecule has 3 aromatic carbocycles. The van der Waals surface area contributed by atoms with E-state index in [-0.39, 0.29) is 72.7 Å². The molecule has 1 amide bonds. The van der Waals surface area contributed by atoms with Crippen LogP contribution in [0.15, 0.2) is 71.7 Å². The number of carbonyl (C=O) groups is 2. The molecule has 3 aliphatic rings. The van der Waals surface area contributed by atoms with Crippen molar-refractivity contribution in [3.05, 3.63) is 105 Å². The molecule has 0 bridgehead atoms. The Morgan fingerprint density at radius 1 is 0.869 bits per heavy atom. The number of phenols is 2. The van der Waals surface area contributed by atoms with Crippen LogP contribution < -0.4 is 21.1 Å². The molecule has 9 N–H and O–H groups in total. The molecule has 1 fully saturated rings. The van der Waals surface area contributed by atoms with Crippen LogP contribution in [0.5, 0.6) is 23.0 Å². The zero-order valence-electron chi connectivity index (χ0n) is 31.0. The molecule has 3 aliphatic heterocycles. The third-order valence-corrected chi connectivity index (χ3v) is 13.1. The fourth-order valence-electron chi connectivity index (χ4n) is 6.78. The van der Waals surface area contributed by atoms with E-state index in [1.807, 2.05) is 0 Å². The lowest BCUT2D eigenvalue weighted by Crippen LogP contribution is -2.33. The molecular formula is C34H35N4O20P3. The SMILES string of the molecule is O=C(NCCOCCNc1ccn([C@H]2C[C@H](O)[C@@H](COP(=O)(O)OP(=O)(O)OP(=O)(O)O)O2)c(=O)n1)c1ccc2c(c1)C(=O)OC21c2ccc(O)cc2Oc2cc(O)ccc21. The maximum atomic E-state index is 13.3. The molecule has 0 saturated carbocycles. The number of hydrogen-bond donors (Lipinski definition) is 9. The second-order valence-electron chi connectivity index (χ2n) is 13.4. The molecule has 27 heteroatoms. The minimum absolute atomic E-state index is 0.0854. The highest BCUT2D eigenvalue weighted by molar-refractivity contribution is 7.66. The van der Waals surface area contributed by atoms with Crippen molar-refractivity contribution in [1.82, 2.24) is 14.9 Å². The Balaban J connectivity index is 0.867. The van der Waals surface area contributed by atoms with E-state index in [9.17, 15) is 53.2 Å². The number of carbonyl (C=O) groups excluding carboxylic acids is 2. The largest absolute Gasteiger partial charge is 0.508 e. The Morgan fingerprint density at radius 3 is 2.18 bits per heavy atom. The Bertz CT molecular complexity index is 2530. The molecule has 1 aromatic heterocycles. The minimum Gasteiger partial charge on any atom is -0.508 e. The van der Waals surface area contributed by atoms with E-state index >= 15 is 0 Å². The number of phosphoric ester groups is 1. The van der Waals surface area contributed by atoms with Gasteiger partial charge in [0.15, 0.2) is 5.60 Å². The molecule has 0 radical (unpaired) electrons. The van der Waals surface area contributed by atoms with Gasteiger partial charge in [-0.3, -0.25) is 13.9 Å². The summed E-state index contributed by atoms with van der Waals surface area (Å²) >= 11 is 0. The van der Waals surface area contributed by atoms with E-state index < -0.39 is 71.7 Å². The summed E-state index contributed by atoms with van der Waals surface area (Å²) < 4.78 is 70.1. The van der Waals surface area contributed by atoms with Crippen molar-refractivity contribution < 1.29 is 90.3 Å². The number of nitrogens with one attached hydrogen (secondary N) is 2. The number of ether oxygens (including phenoxy) is 4. The molecule has 1 saturated heterocycles. The van der Waals surface area contributed by atoms with Gasteiger partial charge in [0.05, 0.1) is 31.5 Å². The number of fused-ring (bicyclic) bond motifs is 6. The number of anilines is 1.